The second-order valence-corrected chi connectivity index (χ2v) is 24.8. The van der Waals surface area contributed by atoms with Crippen LogP contribution in [0, 0.1) is 0 Å². The summed E-state index contributed by atoms with van der Waals surface area (Å²) in [5.41, 5.74) is 0. The fourth-order valence-electron chi connectivity index (χ4n) is 9.41. The maximum absolute atomic E-state index is 13.0. The Hall–Kier alpha value is -2.58. The minimum absolute atomic E-state index is 0.00871. The largest absolute Gasteiger partial charge is 0.756 e. The average molecular weight is 1120 g/mol. The summed E-state index contributed by atoms with van der Waals surface area (Å²) in [6.07, 6.45) is 86.6. The Balaban J connectivity index is 4.11. The van der Waals surface area contributed by atoms with E-state index in [9.17, 15) is 19.4 Å². The lowest BCUT2D eigenvalue weighted by Crippen LogP contribution is -2.45. The van der Waals surface area contributed by atoms with Crippen LogP contribution in [0.3, 0.4) is 0 Å². The normalized spacial score (nSPS) is 14.4. The van der Waals surface area contributed by atoms with Crippen LogP contribution in [0.25, 0.3) is 0 Å². The third-order valence-electron chi connectivity index (χ3n) is 14.5. The molecule has 1 amide bonds. The van der Waals surface area contributed by atoms with Gasteiger partial charge in [0.1, 0.15) is 13.2 Å². The molecular weight excluding hydrogens is 996 g/mol. The first kappa shape index (κ1) is 76.4. The first-order chi connectivity index (χ1) is 38.5. The van der Waals surface area contributed by atoms with Crippen LogP contribution >= 0.6 is 7.82 Å². The van der Waals surface area contributed by atoms with Crippen molar-refractivity contribution >= 4 is 13.7 Å². The highest BCUT2D eigenvalue weighted by atomic mass is 31.2. The van der Waals surface area contributed by atoms with Gasteiger partial charge in [-0.2, -0.15) is 0 Å². The summed E-state index contributed by atoms with van der Waals surface area (Å²) in [5, 5.41) is 13.9. The second-order valence-electron chi connectivity index (χ2n) is 23.4. The van der Waals surface area contributed by atoms with Crippen molar-refractivity contribution in [3.63, 3.8) is 0 Å². The molecule has 0 aliphatic heterocycles. The molecule has 3 atom stereocenters. The lowest BCUT2D eigenvalue weighted by atomic mass is 10.0. The molecule has 0 aromatic rings. The van der Waals surface area contributed by atoms with E-state index in [2.05, 4.69) is 104 Å². The quantitative estimate of drug-likeness (QED) is 0.0272. The SMILES string of the molecule is CC/C=C\C/C=C\C/C=C\C/C=C\C/C=C\C/C=C\CCCCCCCCCCCCCCCCCCC(=O)NC(COP(=O)([O-])OCC[N+](C)(C)C)C(O)/C=C/CC/C=C/CCCCCCCCCCCCCCCCCC. The van der Waals surface area contributed by atoms with Gasteiger partial charge >= 0.3 is 0 Å². The number of quaternary nitrogens is 1. The number of aliphatic hydroxyl groups excluding tert-OH is 1. The van der Waals surface area contributed by atoms with Crippen LogP contribution in [0.15, 0.2) is 97.2 Å². The summed E-state index contributed by atoms with van der Waals surface area (Å²) in [5.74, 6) is -0.207. The lowest BCUT2D eigenvalue weighted by Gasteiger charge is -2.29. The molecule has 0 rings (SSSR count). The zero-order valence-electron chi connectivity index (χ0n) is 52.3. The smallest absolute Gasteiger partial charge is 0.268 e. The molecule has 0 radical (unpaired) electrons. The number of likely N-dealkylation sites (N-methyl/N-ethyl adjacent to an activating group) is 1. The Morgan fingerprint density at radius 1 is 0.456 bits per heavy atom. The number of hydrogen-bond donors (Lipinski definition) is 2. The number of allylic oxidation sites excluding steroid dienone is 15. The summed E-state index contributed by atoms with van der Waals surface area (Å²) < 4.78 is 23.4. The van der Waals surface area contributed by atoms with E-state index in [-0.39, 0.29) is 12.5 Å². The molecule has 0 saturated carbocycles. The molecule has 458 valence electrons. The Kier molecular flexibility index (Phi) is 58.1. The Bertz CT molecular complexity index is 1610. The minimum Gasteiger partial charge on any atom is -0.756 e. The number of phosphoric ester groups is 1. The summed E-state index contributed by atoms with van der Waals surface area (Å²) in [6, 6.07) is -0.909. The van der Waals surface area contributed by atoms with Gasteiger partial charge in [0, 0.05) is 6.42 Å². The van der Waals surface area contributed by atoms with Crippen LogP contribution in [0.2, 0.25) is 0 Å². The highest BCUT2D eigenvalue weighted by molar-refractivity contribution is 7.45. The van der Waals surface area contributed by atoms with Gasteiger partial charge in [0.05, 0.1) is 39.9 Å². The number of carbonyl (C=O) groups is 1. The van der Waals surface area contributed by atoms with Crippen LogP contribution in [-0.2, 0) is 18.4 Å². The number of hydrogen-bond acceptors (Lipinski definition) is 6. The number of carbonyl (C=O) groups excluding carboxylic acids is 1. The topological polar surface area (TPSA) is 108 Å². The molecule has 0 saturated heterocycles. The highest BCUT2D eigenvalue weighted by Crippen LogP contribution is 2.38. The van der Waals surface area contributed by atoms with E-state index in [1.165, 1.54) is 193 Å². The van der Waals surface area contributed by atoms with Gasteiger partial charge < -0.3 is 28.8 Å². The number of nitrogens with one attached hydrogen (secondary N) is 1. The summed E-state index contributed by atoms with van der Waals surface area (Å²) >= 11 is 0. The van der Waals surface area contributed by atoms with Gasteiger partial charge in [0.15, 0.2) is 0 Å². The molecule has 0 fully saturated rings. The van der Waals surface area contributed by atoms with E-state index in [0.29, 0.717) is 17.4 Å². The van der Waals surface area contributed by atoms with E-state index < -0.39 is 26.6 Å². The van der Waals surface area contributed by atoms with Crippen molar-refractivity contribution in [3.8, 4) is 0 Å². The van der Waals surface area contributed by atoms with Gasteiger partial charge in [-0.05, 0) is 83.5 Å². The van der Waals surface area contributed by atoms with E-state index in [1.807, 2.05) is 27.2 Å². The van der Waals surface area contributed by atoms with Crippen molar-refractivity contribution in [2.24, 2.45) is 0 Å². The molecule has 2 N–H and O–H groups in total. The average Bonchev–Trinajstić information content (AvgIpc) is 3.42. The maximum atomic E-state index is 13.0. The van der Waals surface area contributed by atoms with E-state index in [0.717, 1.165) is 77.0 Å². The first-order valence-electron chi connectivity index (χ1n) is 33.1. The Labute approximate surface area is 489 Å². The van der Waals surface area contributed by atoms with Crippen LogP contribution in [-0.4, -0.2) is 68.5 Å². The molecular formula is C70H127N2O6P. The zero-order valence-corrected chi connectivity index (χ0v) is 53.2. The van der Waals surface area contributed by atoms with Gasteiger partial charge in [-0.25, -0.2) is 0 Å². The molecule has 0 aromatic heterocycles. The maximum Gasteiger partial charge on any atom is 0.268 e. The molecule has 3 unspecified atom stereocenters. The molecule has 9 heteroatoms. The van der Waals surface area contributed by atoms with Crippen molar-refractivity contribution < 1.29 is 32.9 Å². The van der Waals surface area contributed by atoms with E-state index in [4.69, 9.17) is 9.05 Å². The first-order valence-corrected chi connectivity index (χ1v) is 34.6. The van der Waals surface area contributed by atoms with Gasteiger partial charge in [0.25, 0.3) is 7.82 Å². The summed E-state index contributed by atoms with van der Waals surface area (Å²) in [4.78, 5) is 25.6. The van der Waals surface area contributed by atoms with Crippen molar-refractivity contribution in [2.45, 2.75) is 302 Å². The molecule has 8 nitrogen and oxygen atoms in total. The molecule has 0 spiro atoms. The van der Waals surface area contributed by atoms with Crippen molar-refractivity contribution in [2.75, 3.05) is 40.9 Å². The predicted molar refractivity (Wildman–Crippen MR) is 343 cm³/mol. The summed E-state index contributed by atoms with van der Waals surface area (Å²) in [6.45, 7) is 4.54. The number of phosphoric acid groups is 1. The lowest BCUT2D eigenvalue weighted by molar-refractivity contribution is -0.870. The van der Waals surface area contributed by atoms with Crippen LogP contribution in [0.1, 0.15) is 290 Å². The van der Waals surface area contributed by atoms with Gasteiger partial charge in [-0.1, -0.05) is 297 Å². The summed E-state index contributed by atoms with van der Waals surface area (Å²) in [7, 11) is 1.24. The third-order valence-corrected chi connectivity index (χ3v) is 15.5. The van der Waals surface area contributed by atoms with E-state index >= 15 is 0 Å². The minimum atomic E-state index is -4.61. The number of aliphatic hydroxyl groups is 1. The van der Waals surface area contributed by atoms with Crippen LogP contribution < -0.4 is 10.2 Å². The fourth-order valence-corrected chi connectivity index (χ4v) is 10.1. The van der Waals surface area contributed by atoms with Crippen LogP contribution in [0.4, 0.5) is 0 Å². The second kappa shape index (κ2) is 60.0. The van der Waals surface area contributed by atoms with Crippen LogP contribution in [0.5, 0.6) is 0 Å². The molecule has 0 aliphatic rings. The molecule has 79 heavy (non-hydrogen) atoms. The number of unbranched alkanes of at least 4 members (excludes halogenated alkanes) is 33. The Morgan fingerprint density at radius 2 is 0.785 bits per heavy atom. The molecule has 0 bridgehead atoms. The van der Waals surface area contributed by atoms with Crippen molar-refractivity contribution in [3.05, 3.63) is 97.2 Å². The zero-order chi connectivity index (χ0) is 57.7. The Morgan fingerprint density at radius 3 is 1.18 bits per heavy atom. The number of amides is 1. The monoisotopic (exact) mass is 1120 g/mol. The molecule has 0 aromatic carbocycles. The van der Waals surface area contributed by atoms with Gasteiger partial charge in [-0.15, -0.1) is 0 Å². The molecule has 0 aliphatic carbocycles. The molecule has 0 heterocycles. The van der Waals surface area contributed by atoms with Crippen molar-refractivity contribution in [1.82, 2.24) is 5.32 Å². The van der Waals surface area contributed by atoms with Gasteiger partial charge in [-0.3, -0.25) is 9.36 Å². The third kappa shape index (κ3) is 62.9. The number of nitrogens with zero attached hydrogens (tertiary/aromatic N) is 1. The standard InChI is InChI=1S/C70H127N2O6P/c1-6-8-10-12-14-16-18-20-22-24-26-28-30-31-32-33-34-35-36-37-38-39-40-41-42-44-46-48-50-52-54-56-58-60-62-64-70(74)71-68(67-78-79(75,76)77-66-65-72(3,4)5)69(73)63-61-59-57-55-53-51-49-47-45-43-29-27-25-23-21-19-17-15-13-11-9-7-2/h8,10,14,16,20,22,26,28,31-32,34-35,53,55,61,63,68-69,73H,6-7,9,11-13,15,17-19,21,23-25,27,29-30,33,36-52,54,56-60,62,64-67H2,1-5H3,(H-,71,74,75,76)/b10-8-,16-14-,22-20-,28-26-,32-31-,35-34-,55-53+,63-61+. The predicted octanol–water partition coefficient (Wildman–Crippen LogP) is 20.3. The highest BCUT2D eigenvalue weighted by Gasteiger charge is 2.23. The number of rotatable bonds is 60. The van der Waals surface area contributed by atoms with Gasteiger partial charge in [0.2, 0.25) is 5.91 Å². The van der Waals surface area contributed by atoms with E-state index in [1.54, 1.807) is 6.08 Å². The fraction of sp³-hybridized carbons (Fsp3) is 0.757. The van der Waals surface area contributed by atoms with Crippen molar-refractivity contribution in [1.29, 1.82) is 0 Å².